The average molecular weight is 380 g/mol. The highest BCUT2D eigenvalue weighted by Gasteiger charge is 2.16. The summed E-state index contributed by atoms with van der Waals surface area (Å²) in [6.07, 6.45) is 1.54. The number of benzene rings is 2. The zero-order valence-electron chi connectivity index (χ0n) is 12.7. The predicted octanol–water partition coefficient (Wildman–Crippen LogP) is 3.87. The predicted molar refractivity (Wildman–Crippen MR) is 95.8 cm³/mol. The van der Waals surface area contributed by atoms with Crippen molar-refractivity contribution in [2.75, 3.05) is 0 Å². The summed E-state index contributed by atoms with van der Waals surface area (Å²) in [4.78, 5) is 0.258. The van der Waals surface area contributed by atoms with Crippen LogP contribution in [0.4, 0.5) is 0 Å². The zero-order valence-corrected chi connectivity index (χ0v) is 15.1. The van der Waals surface area contributed by atoms with E-state index in [4.69, 9.17) is 23.8 Å². The fraction of sp³-hybridized carbons (Fsp3) is 0.125. The molecule has 0 saturated heterocycles. The average Bonchev–Trinajstić information content (AvgIpc) is 2.97. The minimum atomic E-state index is -3.44. The van der Waals surface area contributed by atoms with Crippen LogP contribution in [-0.2, 0) is 15.6 Å². The van der Waals surface area contributed by atoms with Crippen LogP contribution in [0.3, 0.4) is 0 Å². The smallest absolute Gasteiger partial charge is 0.199 e. The van der Waals surface area contributed by atoms with Crippen LogP contribution in [0.15, 0.2) is 53.7 Å². The second kappa shape index (κ2) is 6.51. The summed E-state index contributed by atoms with van der Waals surface area (Å²) in [6.45, 7) is 1.85. The number of rotatable bonds is 4. The van der Waals surface area contributed by atoms with Gasteiger partial charge in [-0.3, -0.25) is 9.67 Å². The first kappa shape index (κ1) is 16.9. The summed E-state index contributed by atoms with van der Waals surface area (Å²) >= 11 is 11.1. The highest BCUT2D eigenvalue weighted by atomic mass is 35.5. The molecule has 0 aliphatic heterocycles. The van der Waals surface area contributed by atoms with Crippen molar-refractivity contribution >= 4 is 33.7 Å². The van der Waals surface area contributed by atoms with Crippen LogP contribution >= 0.6 is 23.8 Å². The Morgan fingerprint density at radius 3 is 2.50 bits per heavy atom. The molecule has 5 nitrogen and oxygen atoms in total. The van der Waals surface area contributed by atoms with Crippen molar-refractivity contribution in [3.8, 4) is 5.69 Å². The SMILES string of the molecule is Cc1cc(CS(=O)(=O)c2ccc(-n3cn[nH]c3=S)cc2)ccc1Cl. The normalized spacial score (nSPS) is 11.6. The highest BCUT2D eigenvalue weighted by molar-refractivity contribution is 7.90. The van der Waals surface area contributed by atoms with Crippen LogP contribution in [0.2, 0.25) is 5.02 Å². The van der Waals surface area contributed by atoms with E-state index in [2.05, 4.69) is 10.2 Å². The molecule has 124 valence electrons. The van der Waals surface area contributed by atoms with Crippen LogP contribution in [-0.4, -0.2) is 23.2 Å². The third-order valence-corrected chi connectivity index (χ3v) is 6.02. The van der Waals surface area contributed by atoms with Crippen molar-refractivity contribution in [2.45, 2.75) is 17.6 Å². The van der Waals surface area contributed by atoms with E-state index in [0.29, 0.717) is 15.4 Å². The molecule has 3 rings (SSSR count). The fourth-order valence-corrected chi connectivity index (χ4v) is 4.00. The molecule has 0 amide bonds. The van der Waals surface area contributed by atoms with Gasteiger partial charge in [0.25, 0.3) is 0 Å². The van der Waals surface area contributed by atoms with Gasteiger partial charge in [-0.05, 0) is 60.6 Å². The van der Waals surface area contributed by atoms with E-state index in [1.54, 1.807) is 53.4 Å². The Kier molecular flexibility index (Phi) is 4.58. The molecule has 1 aromatic heterocycles. The Bertz CT molecular complexity index is 1040. The molecule has 8 heteroatoms. The molecule has 2 aromatic carbocycles. The zero-order chi connectivity index (χ0) is 17.3. The molecule has 0 saturated carbocycles. The van der Waals surface area contributed by atoms with Gasteiger partial charge in [-0.25, -0.2) is 8.42 Å². The van der Waals surface area contributed by atoms with E-state index >= 15 is 0 Å². The summed E-state index contributed by atoms with van der Waals surface area (Å²) in [5, 5.41) is 7.12. The van der Waals surface area contributed by atoms with Crippen molar-refractivity contribution in [1.82, 2.24) is 14.8 Å². The van der Waals surface area contributed by atoms with Crippen molar-refractivity contribution in [3.63, 3.8) is 0 Å². The number of halogens is 1. The topological polar surface area (TPSA) is 67.8 Å². The molecule has 0 radical (unpaired) electrons. The number of aromatic nitrogens is 3. The maximum absolute atomic E-state index is 12.6. The molecule has 0 bridgehead atoms. The summed E-state index contributed by atoms with van der Waals surface area (Å²) in [6, 6.07) is 11.8. The Morgan fingerprint density at radius 1 is 1.21 bits per heavy atom. The van der Waals surface area contributed by atoms with Gasteiger partial charge in [0.15, 0.2) is 14.6 Å². The van der Waals surface area contributed by atoms with E-state index in [0.717, 1.165) is 11.3 Å². The van der Waals surface area contributed by atoms with Gasteiger partial charge in [0.1, 0.15) is 6.33 Å². The number of aryl methyl sites for hydroxylation is 1. The van der Waals surface area contributed by atoms with Crippen molar-refractivity contribution in [3.05, 3.63) is 69.7 Å². The first-order valence-corrected chi connectivity index (χ1v) is 9.51. The van der Waals surface area contributed by atoms with E-state index in [1.807, 2.05) is 6.92 Å². The number of hydrogen-bond donors (Lipinski definition) is 1. The number of H-pyrrole nitrogens is 1. The van der Waals surface area contributed by atoms with Crippen molar-refractivity contribution in [2.24, 2.45) is 0 Å². The maximum Gasteiger partial charge on any atom is 0.199 e. The highest BCUT2D eigenvalue weighted by Crippen LogP contribution is 2.22. The monoisotopic (exact) mass is 379 g/mol. The summed E-state index contributed by atoms with van der Waals surface area (Å²) in [5.74, 6) is -0.0739. The van der Waals surface area contributed by atoms with Crippen LogP contribution in [0.1, 0.15) is 11.1 Å². The lowest BCUT2D eigenvalue weighted by atomic mass is 10.2. The fourth-order valence-electron chi connectivity index (χ4n) is 2.35. The Hall–Kier alpha value is -1.96. The molecule has 1 N–H and O–H groups in total. The molecule has 3 aromatic rings. The number of aromatic amines is 1. The van der Waals surface area contributed by atoms with E-state index in [9.17, 15) is 8.42 Å². The quantitative estimate of drug-likeness (QED) is 0.699. The van der Waals surface area contributed by atoms with Crippen LogP contribution in [0.25, 0.3) is 5.69 Å². The van der Waals surface area contributed by atoms with E-state index in [1.165, 1.54) is 0 Å². The molecule has 0 atom stereocenters. The number of hydrogen-bond acceptors (Lipinski definition) is 4. The van der Waals surface area contributed by atoms with Gasteiger partial charge in [-0.15, -0.1) is 0 Å². The molecule has 0 aliphatic carbocycles. The third kappa shape index (κ3) is 3.43. The summed E-state index contributed by atoms with van der Waals surface area (Å²) in [7, 11) is -3.44. The lowest BCUT2D eigenvalue weighted by Crippen LogP contribution is -2.05. The van der Waals surface area contributed by atoms with Crippen molar-refractivity contribution in [1.29, 1.82) is 0 Å². The van der Waals surface area contributed by atoms with E-state index < -0.39 is 9.84 Å². The first-order valence-electron chi connectivity index (χ1n) is 7.07. The maximum atomic E-state index is 12.6. The summed E-state index contributed by atoms with van der Waals surface area (Å²) < 4.78 is 27.3. The van der Waals surface area contributed by atoms with Gasteiger partial charge in [0.05, 0.1) is 10.6 Å². The number of nitrogens with one attached hydrogen (secondary N) is 1. The second-order valence-corrected chi connectivity index (χ2v) is 8.15. The lowest BCUT2D eigenvalue weighted by molar-refractivity contribution is 0.595. The molecule has 1 heterocycles. The van der Waals surface area contributed by atoms with Crippen LogP contribution in [0.5, 0.6) is 0 Å². The Labute approximate surface area is 149 Å². The molecule has 0 spiro atoms. The molecule has 0 unspecified atom stereocenters. The third-order valence-electron chi connectivity index (χ3n) is 3.61. The molecule has 0 aliphatic rings. The largest absolute Gasteiger partial charge is 0.275 e. The molecular weight excluding hydrogens is 366 g/mol. The van der Waals surface area contributed by atoms with Crippen LogP contribution < -0.4 is 0 Å². The molecule has 24 heavy (non-hydrogen) atoms. The first-order chi connectivity index (χ1) is 11.4. The van der Waals surface area contributed by atoms with Gasteiger partial charge in [0, 0.05) is 10.7 Å². The van der Waals surface area contributed by atoms with Gasteiger partial charge in [0.2, 0.25) is 0 Å². The summed E-state index contributed by atoms with van der Waals surface area (Å²) in [5.41, 5.74) is 2.31. The molecule has 0 fully saturated rings. The lowest BCUT2D eigenvalue weighted by Gasteiger charge is -2.08. The van der Waals surface area contributed by atoms with Gasteiger partial charge < -0.3 is 0 Å². The van der Waals surface area contributed by atoms with Crippen molar-refractivity contribution < 1.29 is 8.42 Å². The number of nitrogens with zero attached hydrogens (tertiary/aromatic N) is 2. The van der Waals surface area contributed by atoms with Gasteiger partial charge in [-0.2, -0.15) is 5.10 Å². The van der Waals surface area contributed by atoms with Gasteiger partial charge in [-0.1, -0.05) is 23.7 Å². The minimum absolute atomic E-state index is 0.0739. The van der Waals surface area contributed by atoms with Crippen LogP contribution in [0, 0.1) is 11.7 Å². The van der Waals surface area contributed by atoms with E-state index in [-0.39, 0.29) is 10.6 Å². The minimum Gasteiger partial charge on any atom is -0.275 e. The van der Waals surface area contributed by atoms with Gasteiger partial charge >= 0.3 is 0 Å². The Balaban J connectivity index is 1.88. The molecular formula is C16H14ClN3O2S2. The second-order valence-electron chi connectivity index (χ2n) is 5.37. The number of sulfone groups is 1. The standard InChI is InChI=1S/C16H14ClN3O2S2/c1-11-8-12(2-7-15(11)17)9-24(21,22)14-5-3-13(4-6-14)20-10-18-19-16(20)23/h2-8,10H,9H2,1H3,(H,19,23). The Morgan fingerprint density at radius 2 is 1.92 bits per heavy atom.